The summed E-state index contributed by atoms with van der Waals surface area (Å²) in [6.07, 6.45) is -9.14. The Kier molecular flexibility index (Phi) is 3.62. The van der Waals surface area contributed by atoms with Crippen molar-refractivity contribution in [3.05, 3.63) is 27.8 Å². The average Bonchev–Trinajstić information content (AvgIpc) is 2.17. The van der Waals surface area contributed by atoms with Gasteiger partial charge in [-0.1, -0.05) is 0 Å². The minimum Gasteiger partial charge on any atom is -0.400 e. The van der Waals surface area contributed by atoms with Crippen molar-refractivity contribution in [2.24, 2.45) is 0 Å². The van der Waals surface area contributed by atoms with Crippen molar-refractivity contribution >= 4 is 5.69 Å². The first-order valence-electron chi connectivity index (χ1n) is 4.00. The molecule has 0 aliphatic heterocycles. The number of hydrogen-bond acceptors (Lipinski definition) is 4. The Morgan fingerprint density at radius 2 is 1.94 bits per heavy atom. The van der Waals surface area contributed by atoms with Gasteiger partial charge in [-0.3, -0.25) is 10.1 Å². The predicted molar refractivity (Wildman–Crippen MR) is 42.5 cm³/mol. The topological polar surface area (TPSA) is 65.3 Å². The van der Waals surface area contributed by atoms with Crippen molar-refractivity contribution < 1.29 is 36.0 Å². The predicted octanol–water partition coefficient (Wildman–Crippen LogP) is 2.97. The van der Waals surface area contributed by atoms with Gasteiger partial charge in [0.25, 0.3) is 18.1 Å². The van der Waals surface area contributed by atoms with Crippen LogP contribution in [0.5, 0.6) is 5.75 Å². The number of rotatable bonds is 3. The first-order valence-corrected chi connectivity index (χ1v) is 4.00. The van der Waals surface area contributed by atoms with E-state index in [2.05, 4.69) is 9.72 Å². The normalized spacial score (nSPS) is 11.7. The van der Waals surface area contributed by atoms with Crippen LogP contribution in [0.25, 0.3) is 0 Å². The van der Waals surface area contributed by atoms with Crippen molar-refractivity contribution in [1.82, 2.24) is 4.98 Å². The molecule has 0 unspecified atom stereocenters. The number of aromatic nitrogens is 1. The molecule has 11 heteroatoms. The van der Waals surface area contributed by atoms with Crippen LogP contribution in [-0.2, 0) is 0 Å². The van der Waals surface area contributed by atoms with Crippen LogP contribution in [0.3, 0.4) is 0 Å². The monoisotopic (exact) mass is 276 g/mol. The summed E-state index contributed by atoms with van der Waals surface area (Å²) in [7, 11) is 0. The highest BCUT2D eigenvalue weighted by molar-refractivity contribution is 5.48. The molecule has 18 heavy (non-hydrogen) atoms. The van der Waals surface area contributed by atoms with Gasteiger partial charge < -0.3 is 4.74 Å². The van der Waals surface area contributed by atoms with Gasteiger partial charge in [0, 0.05) is 0 Å². The second-order valence-electron chi connectivity index (χ2n) is 2.78. The zero-order valence-corrected chi connectivity index (χ0v) is 8.04. The smallest absolute Gasteiger partial charge is 0.400 e. The van der Waals surface area contributed by atoms with Crippen molar-refractivity contribution in [1.29, 1.82) is 0 Å². The summed E-state index contributed by atoms with van der Waals surface area (Å²) in [4.78, 5) is 11.5. The quantitative estimate of drug-likeness (QED) is 0.368. The summed E-state index contributed by atoms with van der Waals surface area (Å²) in [5, 5.41) is 10.3. The third kappa shape index (κ3) is 2.99. The SMILES string of the molecule is O=[N+]([O-])c1cnc(F)c(OC(F)(F)F)c1C(F)F. The Morgan fingerprint density at radius 3 is 2.33 bits per heavy atom. The van der Waals surface area contributed by atoms with Gasteiger partial charge in [-0.2, -0.15) is 4.39 Å². The Hall–Kier alpha value is -2.07. The second kappa shape index (κ2) is 4.66. The number of pyridine rings is 1. The molecule has 0 fully saturated rings. The summed E-state index contributed by atoms with van der Waals surface area (Å²) >= 11 is 0. The standard InChI is InChI=1S/C7H2F6N2O3/c8-5(9)3-2(15(16)17)1-14-6(10)4(3)18-7(11,12)13/h1,5H. The van der Waals surface area contributed by atoms with E-state index in [1.54, 1.807) is 0 Å². The fraction of sp³-hybridized carbons (Fsp3) is 0.286. The van der Waals surface area contributed by atoms with E-state index >= 15 is 0 Å². The minimum absolute atomic E-state index is 0.0834. The maximum atomic E-state index is 12.9. The lowest BCUT2D eigenvalue weighted by Crippen LogP contribution is -2.20. The molecular weight excluding hydrogens is 274 g/mol. The number of alkyl halides is 5. The molecule has 5 nitrogen and oxygen atoms in total. The first kappa shape index (κ1) is 14.0. The van der Waals surface area contributed by atoms with Crippen LogP contribution in [0.4, 0.5) is 32.0 Å². The molecule has 1 aromatic rings. The molecule has 0 bridgehead atoms. The summed E-state index contributed by atoms with van der Waals surface area (Å²) in [5.74, 6) is -4.03. The molecule has 0 atom stereocenters. The maximum absolute atomic E-state index is 12.9. The highest BCUT2D eigenvalue weighted by atomic mass is 19.4. The molecule has 1 heterocycles. The third-order valence-corrected chi connectivity index (χ3v) is 1.64. The van der Waals surface area contributed by atoms with Gasteiger partial charge in [0.2, 0.25) is 0 Å². The number of ether oxygens (including phenoxy) is 1. The second-order valence-corrected chi connectivity index (χ2v) is 2.78. The van der Waals surface area contributed by atoms with Crippen molar-refractivity contribution in [3.8, 4) is 5.75 Å². The lowest BCUT2D eigenvalue weighted by atomic mass is 10.2. The van der Waals surface area contributed by atoms with E-state index in [4.69, 9.17) is 0 Å². The lowest BCUT2D eigenvalue weighted by molar-refractivity contribution is -0.386. The van der Waals surface area contributed by atoms with Crippen LogP contribution in [0.15, 0.2) is 6.20 Å². The van der Waals surface area contributed by atoms with Crippen LogP contribution in [-0.4, -0.2) is 16.3 Å². The van der Waals surface area contributed by atoms with E-state index in [1.165, 1.54) is 0 Å². The van der Waals surface area contributed by atoms with Crippen LogP contribution in [0.1, 0.15) is 12.0 Å². The Morgan fingerprint density at radius 1 is 1.39 bits per heavy atom. The largest absolute Gasteiger partial charge is 0.573 e. The van der Waals surface area contributed by atoms with E-state index < -0.39 is 40.7 Å². The Bertz CT molecular complexity index is 475. The lowest BCUT2D eigenvalue weighted by Gasteiger charge is -2.12. The molecule has 0 aliphatic rings. The first-order chi connectivity index (χ1) is 8.13. The number of hydrogen-bond donors (Lipinski definition) is 0. The third-order valence-electron chi connectivity index (χ3n) is 1.64. The Labute approximate surface area is 94.1 Å². The molecule has 0 saturated carbocycles. The number of nitrogens with zero attached hydrogens (tertiary/aromatic N) is 2. The molecular formula is C7H2F6N2O3. The fourth-order valence-corrected chi connectivity index (χ4v) is 1.04. The Balaban J connectivity index is 3.46. The van der Waals surface area contributed by atoms with Crippen LogP contribution in [0.2, 0.25) is 0 Å². The maximum Gasteiger partial charge on any atom is 0.573 e. The van der Waals surface area contributed by atoms with E-state index in [1.807, 2.05) is 0 Å². The average molecular weight is 276 g/mol. The molecule has 0 N–H and O–H groups in total. The molecule has 0 saturated heterocycles. The summed E-state index contributed by atoms with van der Waals surface area (Å²) in [6.45, 7) is 0. The van der Waals surface area contributed by atoms with Crippen molar-refractivity contribution in [2.45, 2.75) is 12.8 Å². The molecule has 0 radical (unpaired) electrons. The molecule has 0 aliphatic carbocycles. The number of nitro groups is 1. The van der Waals surface area contributed by atoms with Gasteiger partial charge in [-0.05, 0) is 0 Å². The molecule has 0 amide bonds. The highest BCUT2D eigenvalue weighted by Crippen LogP contribution is 2.39. The number of halogens is 6. The van der Waals surface area contributed by atoms with Gasteiger partial charge in [0.15, 0.2) is 5.75 Å². The van der Waals surface area contributed by atoms with E-state index in [0.29, 0.717) is 0 Å². The van der Waals surface area contributed by atoms with Gasteiger partial charge >= 0.3 is 6.36 Å². The summed E-state index contributed by atoms with van der Waals surface area (Å²) in [5.41, 5.74) is -3.28. The molecule has 1 aromatic heterocycles. The summed E-state index contributed by atoms with van der Waals surface area (Å²) < 4.78 is 76.4. The van der Waals surface area contributed by atoms with Gasteiger partial charge in [0.1, 0.15) is 11.8 Å². The van der Waals surface area contributed by atoms with Crippen LogP contribution < -0.4 is 4.74 Å². The van der Waals surface area contributed by atoms with E-state index in [0.717, 1.165) is 0 Å². The van der Waals surface area contributed by atoms with Crippen molar-refractivity contribution in [3.63, 3.8) is 0 Å². The van der Waals surface area contributed by atoms with Gasteiger partial charge in [-0.15, -0.1) is 13.2 Å². The van der Waals surface area contributed by atoms with Crippen molar-refractivity contribution in [2.75, 3.05) is 0 Å². The zero-order valence-electron chi connectivity index (χ0n) is 8.04. The fourth-order valence-electron chi connectivity index (χ4n) is 1.04. The molecule has 1 rings (SSSR count). The van der Waals surface area contributed by atoms with Crippen LogP contribution in [0, 0.1) is 16.1 Å². The van der Waals surface area contributed by atoms with Gasteiger partial charge in [0.05, 0.1) is 4.92 Å². The van der Waals surface area contributed by atoms with Gasteiger partial charge in [-0.25, -0.2) is 13.8 Å². The minimum atomic E-state index is -5.48. The van der Waals surface area contributed by atoms with E-state index in [9.17, 15) is 36.5 Å². The highest BCUT2D eigenvalue weighted by Gasteiger charge is 2.38. The zero-order chi connectivity index (χ0) is 14.1. The van der Waals surface area contributed by atoms with Crippen LogP contribution >= 0.6 is 0 Å². The van der Waals surface area contributed by atoms with E-state index in [-0.39, 0.29) is 6.20 Å². The molecule has 0 aromatic carbocycles. The molecule has 0 spiro atoms. The summed E-state index contributed by atoms with van der Waals surface area (Å²) in [6, 6.07) is 0. The molecule has 100 valence electrons.